The second kappa shape index (κ2) is 4.03. The molecule has 0 fully saturated rings. The van der Waals surface area contributed by atoms with E-state index in [0.29, 0.717) is 5.88 Å². The maximum atomic E-state index is 5.70. The fraction of sp³-hybridized carbons (Fsp3) is 0.273. The van der Waals surface area contributed by atoms with Crippen LogP contribution in [0.2, 0.25) is 0 Å². The van der Waals surface area contributed by atoms with Crippen molar-refractivity contribution in [2.24, 2.45) is 0 Å². The highest BCUT2D eigenvalue weighted by Gasteiger charge is 2.04. The van der Waals surface area contributed by atoms with Crippen LogP contribution in [0.4, 0.5) is 0 Å². The van der Waals surface area contributed by atoms with E-state index in [2.05, 4.69) is 10.1 Å². The number of hydrogen-bond donors (Lipinski definition) is 0. The zero-order valence-corrected chi connectivity index (χ0v) is 9.49. The molecule has 0 aliphatic heterocycles. The molecule has 15 heavy (non-hydrogen) atoms. The molecular formula is C11H12ClN3. The highest BCUT2D eigenvalue weighted by atomic mass is 35.5. The number of alkyl halides is 1. The smallest absolute Gasteiger partial charge is 0.153 e. The molecule has 0 radical (unpaired) electrons. The van der Waals surface area contributed by atoms with Gasteiger partial charge >= 0.3 is 0 Å². The summed E-state index contributed by atoms with van der Waals surface area (Å²) in [5, 5.41) is 4.36. The van der Waals surface area contributed by atoms with Gasteiger partial charge in [0.25, 0.3) is 0 Å². The Bertz CT molecular complexity index is 459. The van der Waals surface area contributed by atoms with E-state index in [1.165, 1.54) is 0 Å². The monoisotopic (exact) mass is 221 g/mol. The van der Waals surface area contributed by atoms with Crippen molar-refractivity contribution in [2.45, 2.75) is 19.7 Å². The molecule has 0 amide bonds. The first kappa shape index (κ1) is 10.2. The number of aryl methyl sites for hydroxylation is 2. The fourth-order valence-corrected chi connectivity index (χ4v) is 1.64. The van der Waals surface area contributed by atoms with Gasteiger partial charge in [0.1, 0.15) is 0 Å². The van der Waals surface area contributed by atoms with Crippen molar-refractivity contribution in [3.8, 4) is 5.82 Å². The Morgan fingerprint density at radius 3 is 2.60 bits per heavy atom. The van der Waals surface area contributed by atoms with Gasteiger partial charge in [-0.25, -0.2) is 9.67 Å². The van der Waals surface area contributed by atoms with Crippen molar-refractivity contribution in [1.29, 1.82) is 0 Å². The third-order valence-electron chi connectivity index (χ3n) is 2.19. The molecule has 0 aliphatic carbocycles. The minimum atomic E-state index is 0.490. The normalized spacial score (nSPS) is 10.6. The molecule has 2 heterocycles. The van der Waals surface area contributed by atoms with Crippen molar-refractivity contribution in [2.75, 3.05) is 0 Å². The third-order valence-corrected chi connectivity index (χ3v) is 2.50. The summed E-state index contributed by atoms with van der Waals surface area (Å²) in [4.78, 5) is 4.31. The van der Waals surface area contributed by atoms with Crippen LogP contribution >= 0.6 is 11.6 Å². The Morgan fingerprint density at radius 1 is 1.33 bits per heavy atom. The Balaban J connectivity index is 2.41. The van der Waals surface area contributed by atoms with E-state index >= 15 is 0 Å². The predicted octanol–water partition coefficient (Wildman–Crippen LogP) is 2.62. The maximum absolute atomic E-state index is 5.70. The molecule has 0 atom stereocenters. The molecule has 0 saturated carbocycles. The second-order valence-electron chi connectivity index (χ2n) is 3.50. The molecule has 78 valence electrons. The van der Waals surface area contributed by atoms with E-state index in [-0.39, 0.29) is 0 Å². The average Bonchev–Trinajstić information content (AvgIpc) is 2.58. The van der Waals surface area contributed by atoms with Gasteiger partial charge in [0, 0.05) is 17.8 Å². The van der Waals surface area contributed by atoms with Crippen LogP contribution < -0.4 is 0 Å². The van der Waals surface area contributed by atoms with Crippen LogP contribution in [0.5, 0.6) is 0 Å². The Kier molecular flexibility index (Phi) is 2.73. The quantitative estimate of drug-likeness (QED) is 0.730. The molecule has 0 bridgehead atoms. The first-order valence-electron chi connectivity index (χ1n) is 4.75. The third kappa shape index (κ3) is 2.02. The van der Waals surface area contributed by atoms with Crippen molar-refractivity contribution < 1.29 is 0 Å². The lowest BCUT2D eigenvalue weighted by Gasteiger charge is -2.03. The number of halogens is 1. The average molecular weight is 222 g/mol. The minimum absolute atomic E-state index is 0.490. The molecule has 4 heteroatoms. The Hall–Kier alpha value is -1.35. The first-order chi connectivity index (χ1) is 7.20. The Labute approximate surface area is 93.7 Å². The second-order valence-corrected chi connectivity index (χ2v) is 3.76. The number of rotatable bonds is 2. The van der Waals surface area contributed by atoms with E-state index in [9.17, 15) is 0 Å². The molecule has 2 aromatic rings. The molecule has 3 nitrogen and oxygen atoms in total. The lowest BCUT2D eigenvalue weighted by Crippen LogP contribution is -2.01. The molecule has 0 saturated heterocycles. The van der Waals surface area contributed by atoms with Crippen molar-refractivity contribution in [3.05, 3.63) is 41.3 Å². The molecule has 2 rings (SSSR count). The summed E-state index contributed by atoms with van der Waals surface area (Å²) >= 11 is 5.70. The van der Waals surface area contributed by atoms with Gasteiger partial charge in [-0.1, -0.05) is 6.07 Å². The van der Waals surface area contributed by atoms with Crippen molar-refractivity contribution in [1.82, 2.24) is 14.8 Å². The topological polar surface area (TPSA) is 30.7 Å². The SMILES string of the molecule is Cc1cc(C)n(-c2ccc(CCl)cn2)n1. The highest BCUT2D eigenvalue weighted by Crippen LogP contribution is 2.10. The van der Waals surface area contributed by atoms with E-state index in [1.807, 2.05) is 36.7 Å². The fourth-order valence-electron chi connectivity index (χ4n) is 1.48. The zero-order chi connectivity index (χ0) is 10.8. The van der Waals surface area contributed by atoms with Gasteiger partial charge in [-0.3, -0.25) is 0 Å². The van der Waals surface area contributed by atoms with Crippen LogP contribution in [0.25, 0.3) is 5.82 Å². The lowest BCUT2D eigenvalue weighted by atomic mass is 10.3. The van der Waals surface area contributed by atoms with Crippen molar-refractivity contribution >= 4 is 11.6 Å². The van der Waals surface area contributed by atoms with Gasteiger partial charge < -0.3 is 0 Å². The van der Waals surface area contributed by atoms with Crippen LogP contribution in [-0.4, -0.2) is 14.8 Å². The zero-order valence-electron chi connectivity index (χ0n) is 8.74. The molecule has 0 N–H and O–H groups in total. The van der Waals surface area contributed by atoms with Crippen molar-refractivity contribution in [3.63, 3.8) is 0 Å². The van der Waals surface area contributed by atoms with Crippen LogP contribution in [0, 0.1) is 13.8 Å². The van der Waals surface area contributed by atoms with Gasteiger partial charge in [0.05, 0.1) is 5.69 Å². The van der Waals surface area contributed by atoms with Gasteiger partial charge in [-0.15, -0.1) is 11.6 Å². The lowest BCUT2D eigenvalue weighted by molar-refractivity contribution is 0.805. The summed E-state index contributed by atoms with van der Waals surface area (Å²) < 4.78 is 1.83. The summed E-state index contributed by atoms with van der Waals surface area (Å²) in [6.07, 6.45) is 1.78. The van der Waals surface area contributed by atoms with Gasteiger partial charge in [0.2, 0.25) is 0 Å². The van der Waals surface area contributed by atoms with E-state index in [1.54, 1.807) is 6.20 Å². The van der Waals surface area contributed by atoms with Gasteiger partial charge in [0.15, 0.2) is 5.82 Å². The molecule has 0 spiro atoms. The predicted molar refractivity (Wildman–Crippen MR) is 60.4 cm³/mol. The summed E-state index contributed by atoms with van der Waals surface area (Å²) in [5.74, 6) is 1.32. The minimum Gasteiger partial charge on any atom is -0.237 e. The number of hydrogen-bond acceptors (Lipinski definition) is 2. The molecule has 0 unspecified atom stereocenters. The van der Waals surface area contributed by atoms with E-state index in [4.69, 9.17) is 11.6 Å². The van der Waals surface area contributed by atoms with Gasteiger partial charge in [-0.05, 0) is 31.5 Å². The van der Waals surface area contributed by atoms with Crippen LogP contribution in [0.3, 0.4) is 0 Å². The Morgan fingerprint density at radius 2 is 2.13 bits per heavy atom. The summed E-state index contributed by atoms with van der Waals surface area (Å²) in [5.41, 5.74) is 3.09. The maximum Gasteiger partial charge on any atom is 0.153 e. The van der Waals surface area contributed by atoms with Gasteiger partial charge in [-0.2, -0.15) is 5.10 Å². The van der Waals surface area contributed by atoms with Crippen LogP contribution in [0.1, 0.15) is 17.0 Å². The van der Waals surface area contributed by atoms with Crippen LogP contribution in [0.15, 0.2) is 24.4 Å². The highest BCUT2D eigenvalue weighted by molar-refractivity contribution is 6.17. The molecule has 0 aliphatic rings. The van der Waals surface area contributed by atoms with E-state index in [0.717, 1.165) is 22.8 Å². The number of nitrogens with zero attached hydrogens (tertiary/aromatic N) is 3. The molecule has 2 aromatic heterocycles. The number of pyridine rings is 1. The standard InChI is InChI=1S/C11H12ClN3/c1-8-5-9(2)15(14-8)11-4-3-10(6-12)7-13-11/h3-5,7H,6H2,1-2H3. The van der Waals surface area contributed by atoms with Crippen LogP contribution in [-0.2, 0) is 5.88 Å². The summed E-state index contributed by atoms with van der Waals surface area (Å²) in [7, 11) is 0. The number of aromatic nitrogens is 3. The largest absolute Gasteiger partial charge is 0.237 e. The molecular weight excluding hydrogens is 210 g/mol. The summed E-state index contributed by atoms with van der Waals surface area (Å²) in [6, 6.07) is 5.92. The van der Waals surface area contributed by atoms with E-state index < -0.39 is 0 Å². The first-order valence-corrected chi connectivity index (χ1v) is 5.28. The summed E-state index contributed by atoms with van der Waals surface area (Å²) in [6.45, 7) is 3.98. The molecule has 0 aromatic carbocycles.